The molecule has 3 aromatic rings. The second-order valence-corrected chi connectivity index (χ2v) is 6.75. The molecule has 0 unspecified atom stereocenters. The number of hydrogen-bond acceptors (Lipinski definition) is 5. The van der Waals surface area contributed by atoms with Gasteiger partial charge in [-0.3, -0.25) is 9.59 Å². The third-order valence-electron chi connectivity index (χ3n) is 4.47. The topological polar surface area (TPSA) is 78.3 Å². The molecule has 0 saturated heterocycles. The van der Waals surface area contributed by atoms with Crippen LogP contribution in [0.3, 0.4) is 0 Å². The Bertz CT molecular complexity index is 1190. The van der Waals surface area contributed by atoms with Crippen molar-refractivity contribution in [1.82, 2.24) is 9.78 Å². The van der Waals surface area contributed by atoms with E-state index in [9.17, 15) is 27.6 Å². The van der Waals surface area contributed by atoms with Crippen molar-refractivity contribution in [2.24, 2.45) is 0 Å². The van der Waals surface area contributed by atoms with Crippen molar-refractivity contribution in [2.45, 2.75) is 13.1 Å². The van der Waals surface area contributed by atoms with Gasteiger partial charge >= 0.3 is 12.1 Å². The molecule has 1 aromatic heterocycles. The lowest BCUT2D eigenvalue weighted by Gasteiger charge is -2.09. The maximum Gasteiger partial charge on any atom is 0.416 e. The number of benzene rings is 2. The zero-order chi connectivity index (χ0) is 23.5. The number of rotatable bonds is 6. The fourth-order valence-electron chi connectivity index (χ4n) is 2.86. The molecule has 1 heterocycles. The molecule has 0 spiro atoms. The van der Waals surface area contributed by atoms with Crippen molar-refractivity contribution in [3.8, 4) is 16.9 Å². The maximum absolute atomic E-state index is 12.9. The van der Waals surface area contributed by atoms with Gasteiger partial charge in [-0.05, 0) is 61.5 Å². The summed E-state index contributed by atoms with van der Waals surface area (Å²) in [5.41, 5.74) is 0.675. The molecule has 0 amide bonds. The van der Waals surface area contributed by atoms with E-state index in [0.29, 0.717) is 16.8 Å². The molecule has 0 fully saturated rings. The summed E-state index contributed by atoms with van der Waals surface area (Å²) in [5, 5.41) is 4.36. The standard InChI is InChI=1S/C23H17F3N2O4/c1-14(29)3-12-21(30)20-13-19(15-4-6-16(7-5-15)22(31)32-2)27-28(20)18-10-8-17(9-11-18)23(24,25)26/h3-13H,1-2H3/b12-3-. The van der Waals surface area contributed by atoms with Gasteiger partial charge in [-0.2, -0.15) is 18.3 Å². The number of hydrogen-bond donors (Lipinski definition) is 0. The molecule has 2 aromatic carbocycles. The van der Waals surface area contributed by atoms with Crippen molar-refractivity contribution in [3.05, 3.63) is 83.6 Å². The molecule has 32 heavy (non-hydrogen) atoms. The minimum absolute atomic E-state index is 0.0503. The van der Waals surface area contributed by atoms with Crippen LogP contribution in [-0.4, -0.2) is 34.4 Å². The van der Waals surface area contributed by atoms with Crippen LogP contribution in [0.15, 0.2) is 66.7 Å². The van der Waals surface area contributed by atoms with Gasteiger partial charge in [0.25, 0.3) is 0 Å². The summed E-state index contributed by atoms with van der Waals surface area (Å²) in [6, 6.07) is 11.9. The molecule has 0 aliphatic heterocycles. The Hall–Kier alpha value is -4.01. The summed E-state index contributed by atoms with van der Waals surface area (Å²) in [5.74, 6) is -1.40. The minimum Gasteiger partial charge on any atom is -0.465 e. The van der Waals surface area contributed by atoms with E-state index in [-0.39, 0.29) is 17.2 Å². The van der Waals surface area contributed by atoms with E-state index in [1.165, 1.54) is 49.0 Å². The maximum atomic E-state index is 12.9. The lowest BCUT2D eigenvalue weighted by atomic mass is 10.1. The summed E-state index contributed by atoms with van der Waals surface area (Å²) in [4.78, 5) is 35.5. The van der Waals surface area contributed by atoms with Crippen molar-refractivity contribution in [1.29, 1.82) is 0 Å². The van der Waals surface area contributed by atoms with E-state index >= 15 is 0 Å². The van der Waals surface area contributed by atoms with Crippen LogP contribution in [-0.2, 0) is 15.7 Å². The van der Waals surface area contributed by atoms with Crippen molar-refractivity contribution < 1.29 is 32.3 Å². The van der Waals surface area contributed by atoms with Crippen molar-refractivity contribution in [3.63, 3.8) is 0 Å². The average molecular weight is 442 g/mol. The average Bonchev–Trinajstić information content (AvgIpc) is 3.22. The Balaban J connectivity index is 2.07. The molecule has 9 heteroatoms. The molecule has 6 nitrogen and oxygen atoms in total. The van der Waals surface area contributed by atoms with E-state index in [1.54, 1.807) is 12.1 Å². The molecule has 0 aliphatic carbocycles. The first-order valence-electron chi connectivity index (χ1n) is 9.29. The van der Waals surface area contributed by atoms with Crippen LogP contribution >= 0.6 is 0 Å². The van der Waals surface area contributed by atoms with Gasteiger partial charge in [0.05, 0.1) is 29.6 Å². The fourth-order valence-corrected chi connectivity index (χ4v) is 2.86. The number of aromatic nitrogens is 2. The number of ketones is 2. The molecule has 0 bridgehead atoms. The van der Waals surface area contributed by atoms with E-state index in [0.717, 1.165) is 24.3 Å². The predicted molar refractivity (Wildman–Crippen MR) is 109 cm³/mol. The largest absolute Gasteiger partial charge is 0.465 e. The third-order valence-corrected chi connectivity index (χ3v) is 4.47. The zero-order valence-corrected chi connectivity index (χ0v) is 17.0. The van der Waals surface area contributed by atoms with Crippen LogP contribution in [0.4, 0.5) is 13.2 Å². The normalized spacial score (nSPS) is 11.5. The first kappa shape index (κ1) is 22.7. The second kappa shape index (κ2) is 9.01. The minimum atomic E-state index is -4.50. The Morgan fingerprint density at radius 2 is 1.59 bits per heavy atom. The molecule has 164 valence electrons. The summed E-state index contributed by atoms with van der Waals surface area (Å²) in [6.07, 6.45) is -2.33. The number of halogens is 3. The van der Waals surface area contributed by atoms with Crippen LogP contribution in [0, 0.1) is 0 Å². The highest BCUT2D eigenvalue weighted by Crippen LogP contribution is 2.30. The lowest BCUT2D eigenvalue weighted by molar-refractivity contribution is -0.137. The molecule has 0 saturated carbocycles. The number of alkyl halides is 3. The molecular formula is C23H17F3N2O4. The molecule has 3 rings (SSSR count). The van der Waals surface area contributed by atoms with Gasteiger partial charge in [-0.15, -0.1) is 0 Å². The fraction of sp³-hybridized carbons (Fsp3) is 0.130. The number of nitrogens with zero attached hydrogens (tertiary/aromatic N) is 2. The molecule has 0 N–H and O–H groups in total. The van der Waals surface area contributed by atoms with Crippen LogP contribution in [0.1, 0.15) is 33.3 Å². The highest BCUT2D eigenvalue weighted by Gasteiger charge is 2.30. The number of ether oxygens (including phenoxy) is 1. The summed E-state index contributed by atoms with van der Waals surface area (Å²) in [7, 11) is 1.26. The second-order valence-electron chi connectivity index (χ2n) is 6.75. The van der Waals surface area contributed by atoms with Gasteiger partial charge in [-0.1, -0.05) is 12.1 Å². The van der Waals surface area contributed by atoms with Gasteiger partial charge in [-0.25, -0.2) is 9.48 Å². The number of allylic oxidation sites excluding steroid dienone is 2. The van der Waals surface area contributed by atoms with Crippen molar-refractivity contribution in [2.75, 3.05) is 7.11 Å². The first-order valence-corrected chi connectivity index (χ1v) is 9.29. The third kappa shape index (κ3) is 5.00. The van der Waals surface area contributed by atoms with Crippen LogP contribution in [0.25, 0.3) is 16.9 Å². The number of carbonyl (C=O) groups is 3. The number of methoxy groups -OCH3 is 1. The summed E-state index contributed by atoms with van der Waals surface area (Å²) in [6.45, 7) is 1.28. The molecule has 0 atom stereocenters. The predicted octanol–water partition coefficient (Wildman–Crippen LogP) is 4.67. The smallest absolute Gasteiger partial charge is 0.416 e. The zero-order valence-electron chi connectivity index (χ0n) is 17.0. The van der Waals surface area contributed by atoms with E-state index < -0.39 is 23.5 Å². The van der Waals surface area contributed by atoms with Crippen LogP contribution in [0.2, 0.25) is 0 Å². The lowest BCUT2D eigenvalue weighted by Crippen LogP contribution is -2.09. The Kier molecular flexibility index (Phi) is 6.38. The molecule has 0 aliphatic rings. The monoisotopic (exact) mass is 442 g/mol. The molecular weight excluding hydrogens is 425 g/mol. The van der Waals surface area contributed by atoms with Gasteiger partial charge in [0.2, 0.25) is 5.78 Å². The Morgan fingerprint density at radius 3 is 2.12 bits per heavy atom. The van der Waals surface area contributed by atoms with E-state index in [2.05, 4.69) is 9.84 Å². The van der Waals surface area contributed by atoms with Gasteiger partial charge in [0.1, 0.15) is 5.69 Å². The highest BCUT2D eigenvalue weighted by atomic mass is 19.4. The first-order chi connectivity index (χ1) is 15.1. The Morgan fingerprint density at radius 1 is 0.969 bits per heavy atom. The summed E-state index contributed by atoms with van der Waals surface area (Å²) < 4.78 is 44.5. The quantitative estimate of drug-likeness (QED) is 0.315. The highest BCUT2D eigenvalue weighted by molar-refractivity contribution is 6.07. The van der Waals surface area contributed by atoms with Gasteiger partial charge < -0.3 is 4.74 Å². The van der Waals surface area contributed by atoms with Crippen molar-refractivity contribution >= 4 is 17.5 Å². The number of esters is 1. The SMILES string of the molecule is COC(=O)c1ccc(-c2cc(C(=O)/C=C\C(C)=O)n(-c3ccc(C(F)(F)F)cc3)n2)cc1. The van der Waals surface area contributed by atoms with E-state index in [4.69, 9.17) is 0 Å². The van der Waals surface area contributed by atoms with E-state index in [1.807, 2.05) is 0 Å². The number of carbonyl (C=O) groups excluding carboxylic acids is 3. The molecule has 0 radical (unpaired) electrons. The van der Waals surface area contributed by atoms with Crippen LogP contribution in [0.5, 0.6) is 0 Å². The van der Waals surface area contributed by atoms with Gasteiger partial charge in [0.15, 0.2) is 5.78 Å². The van der Waals surface area contributed by atoms with Gasteiger partial charge in [0, 0.05) is 5.56 Å². The Labute approximate surface area is 180 Å². The van der Waals surface area contributed by atoms with Crippen LogP contribution < -0.4 is 0 Å². The summed E-state index contributed by atoms with van der Waals surface area (Å²) >= 11 is 0.